The van der Waals surface area contributed by atoms with Crippen LogP contribution in [0.25, 0.3) is 0 Å². The van der Waals surface area contributed by atoms with E-state index in [4.69, 9.17) is 4.74 Å². The van der Waals surface area contributed by atoms with E-state index in [1.54, 1.807) is 6.08 Å². The number of hydrogen-bond donors (Lipinski definition) is 1. The van der Waals surface area contributed by atoms with Crippen LogP contribution in [0.3, 0.4) is 0 Å². The third-order valence-electron chi connectivity index (χ3n) is 3.90. The summed E-state index contributed by atoms with van der Waals surface area (Å²) in [5, 5.41) is 9.26. The smallest absolute Gasteiger partial charge is 0.342 e. The van der Waals surface area contributed by atoms with Crippen LogP contribution in [0.1, 0.15) is 20.3 Å². The molecule has 0 bridgehead atoms. The minimum atomic E-state index is -0.504. The monoisotopic (exact) mass is 258 g/mol. The molecular formula is C15H14O4. The lowest BCUT2D eigenvalue weighted by atomic mass is 9.68. The summed E-state index contributed by atoms with van der Waals surface area (Å²) >= 11 is 0. The Hall–Kier alpha value is -1.94. The number of fused-ring (bicyclic) bond motifs is 2. The number of rotatable bonds is 1. The first-order valence-electron chi connectivity index (χ1n) is 6.18. The van der Waals surface area contributed by atoms with E-state index in [1.165, 1.54) is 0 Å². The highest BCUT2D eigenvalue weighted by Crippen LogP contribution is 2.48. The average Bonchev–Trinajstić information content (AvgIpc) is 2.59. The van der Waals surface area contributed by atoms with Gasteiger partial charge in [0.2, 0.25) is 0 Å². The number of aliphatic hydroxyl groups excluding tert-OH is 1. The molecule has 0 spiro atoms. The average molecular weight is 258 g/mol. The highest BCUT2D eigenvalue weighted by atomic mass is 16.5. The molecule has 1 atom stereocenters. The van der Waals surface area contributed by atoms with Gasteiger partial charge in [0, 0.05) is 17.4 Å². The number of hydrogen-bond acceptors (Lipinski definition) is 4. The van der Waals surface area contributed by atoms with E-state index in [-0.39, 0.29) is 18.0 Å². The fourth-order valence-corrected chi connectivity index (χ4v) is 3.01. The first-order chi connectivity index (χ1) is 8.94. The van der Waals surface area contributed by atoms with Crippen LogP contribution in [-0.2, 0) is 14.3 Å². The van der Waals surface area contributed by atoms with Crippen molar-refractivity contribution < 1.29 is 19.4 Å². The van der Waals surface area contributed by atoms with E-state index in [9.17, 15) is 14.7 Å². The maximum Gasteiger partial charge on any atom is 0.342 e. The molecule has 0 radical (unpaired) electrons. The van der Waals surface area contributed by atoms with E-state index >= 15 is 0 Å². The van der Waals surface area contributed by atoms with Crippen LogP contribution < -0.4 is 0 Å². The van der Waals surface area contributed by atoms with Crippen molar-refractivity contribution in [3.05, 3.63) is 46.3 Å². The quantitative estimate of drug-likeness (QED) is 0.725. The van der Waals surface area contributed by atoms with Crippen molar-refractivity contribution in [1.29, 1.82) is 0 Å². The number of ketones is 1. The van der Waals surface area contributed by atoms with Gasteiger partial charge in [0.15, 0.2) is 5.78 Å². The third-order valence-corrected chi connectivity index (χ3v) is 3.90. The predicted octanol–water partition coefficient (Wildman–Crippen LogP) is 1.58. The molecule has 0 saturated carbocycles. The van der Waals surface area contributed by atoms with Crippen molar-refractivity contribution in [2.45, 2.75) is 20.3 Å². The molecule has 0 aromatic rings. The highest BCUT2D eigenvalue weighted by molar-refractivity contribution is 5.98. The van der Waals surface area contributed by atoms with Crippen LogP contribution in [0, 0.1) is 5.41 Å². The Bertz CT molecular complexity index is 631. The maximum atomic E-state index is 11.7. The van der Waals surface area contributed by atoms with Gasteiger partial charge in [0.25, 0.3) is 0 Å². The van der Waals surface area contributed by atoms with Crippen molar-refractivity contribution >= 4 is 11.8 Å². The molecule has 0 amide bonds. The fraction of sp³-hybridized carbons (Fsp3) is 0.333. The summed E-state index contributed by atoms with van der Waals surface area (Å²) in [5.74, 6) is 0.0340. The molecule has 0 aromatic heterocycles. The van der Waals surface area contributed by atoms with Gasteiger partial charge in [-0.1, -0.05) is 6.92 Å². The van der Waals surface area contributed by atoms with E-state index in [0.717, 1.165) is 11.1 Å². The van der Waals surface area contributed by atoms with E-state index < -0.39 is 11.4 Å². The van der Waals surface area contributed by atoms with Crippen molar-refractivity contribution in [2.24, 2.45) is 5.41 Å². The Morgan fingerprint density at radius 1 is 1.37 bits per heavy atom. The van der Waals surface area contributed by atoms with Crippen LogP contribution in [0.15, 0.2) is 46.3 Å². The molecule has 1 heterocycles. The minimum Gasteiger partial charge on any atom is -0.423 e. The first kappa shape index (κ1) is 12.1. The van der Waals surface area contributed by atoms with E-state index in [2.05, 4.69) is 0 Å². The second kappa shape index (κ2) is 3.78. The predicted molar refractivity (Wildman–Crippen MR) is 67.9 cm³/mol. The number of allylic oxidation sites excluding steroid dienone is 5. The van der Waals surface area contributed by atoms with Gasteiger partial charge in [-0.15, -0.1) is 0 Å². The van der Waals surface area contributed by atoms with Crippen molar-refractivity contribution in [3.8, 4) is 0 Å². The lowest BCUT2D eigenvalue weighted by Gasteiger charge is -2.35. The maximum absolute atomic E-state index is 11.7. The van der Waals surface area contributed by atoms with Crippen LogP contribution in [0.4, 0.5) is 0 Å². The second-order valence-corrected chi connectivity index (χ2v) is 5.39. The van der Waals surface area contributed by atoms with Gasteiger partial charge in [-0.25, -0.2) is 4.79 Å². The third kappa shape index (κ3) is 1.64. The molecule has 19 heavy (non-hydrogen) atoms. The summed E-state index contributed by atoms with van der Waals surface area (Å²) < 4.78 is 5.17. The lowest BCUT2D eigenvalue weighted by Crippen LogP contribution is -2.28. The molecular weight excluding hydrogens is 244 g/mol. The van der Waals surface area contributed by atoms with Crippen LogP contribution >= 0.6 is 0 Å². The molecule has 4 heteroatoms. The number of carbonyl (C=O) groups is 2. The summed E-state index contributed by atoms with van der Waals surface area (Å²) in [6, 6.07) is 0. The van der Waals surface area contributed by atoms with Crippen molar-refractivity contribution in [1.82, 2.24) is 0 Å². The molecule has 1 N–H and O–H groups in total. The molecule has 0 fully saturated rings. The topological polar surface area (TPSA) is 63.6 Å². The molecule has 1 aliphatic heterocycles. The Balaban J connectivity index is 2.21. The van der Waals surface area contributed by atoms with Crippen molar-refractivity contribution in [2.75, 3.05) is 6.61 Å². The summed E-state index contributed by atoms with van der Waals surface area (Å²) in [5.41, 5.74) is 2.40. The molecule has 98 valence electrons. The molecule has 4 nitrogen and oxygen atoms in total. The van der Waals surface area contributed by atoms with E-state index in [0.29, 0.717) is 17.8 Å². The van der Waals surface area contributed by atoms with Gasteiger partial charge < -0.3 is 9.84 Å². The molecule has 1 unspecified atom stereocenters. The van der Waals surface area contributed by atoms with Crippen LogP contribution in [-0.4, -0.2) is 23.5 Å². The van der Waals surface area contributed by atoms with Gasteiger partial charge in [-0.3, -0.25) is 4.79 Å². The number of esters is 1. The number of ether oxygens (including phenoxy) is 1. The Labute approximate surface area is 110 Å². The number of aliphatic hydroxyl groups is 1. The normalized spacial score (nSPS) is 29.3. The molecule has 3 rings (SSSR count). The Kier molecular flexibility index (Phi) is 2.41. The Morgan fingerprint density at radius 2 is 2.11 bits per heavy atom. The Morgan fingerprint density at radius 3 is 2.79 bits per heavy atom. The zero-order valence-corrected chi connectivity index (χ0v) is 10.8. The van der Waals surface area contributed by atoms with Gasteiger partial charge in [-0.2, -0.15) is 0 Å². The van der Waals surface area contributed by atoms with Gasteiger partial charge in [-0.05, 0) is 36.3 Å². The van der Waals surface area contributed by atoms with Crippen molar-refractivity contribution in [3.63, 3.8) is 0 Å². The van der Waals surface area contributed by atoms with Gasteiger partial charge >= 0.3 is 5.97 Å². The standard InChI is InChI=1S/C15H14O4/c1-8-3-9(17)5-15(2)6-13-10(4-12(8)15)11(7-16)14(18)19-13/h3-4,6,16H,5,7H2,1-2H3. The molecule has 2 aliphatic carbocycles. The van der Waals surface area contributed by atoms with Gasteiger partial charge in [0.1, 0.15) is 5.76 Å². The molecule has 0 aromatic carbocycles. The minimum absolute atomic E-state index is 0.0770. The zero-order valence-electron chi connectivity index (χ0n) is 10.8. The fourth-order valence-electron chi connectivity index (χ4n) is 3.01. The first-order valence-corrected chi connectivity index (χ1v) is 6.18. The number of carbonyl (C=O) groups excluding carboxylic acids is 2. The van der Waals surface area contributed by atoms with Crippen LogP contribution in [0.5, 0.6) is 0 Å². The molecule has 3 aliphatic rings. The summed E-state index contributed by atoms with van der Waals surface area (Å²) in [7, 11) is 0. The van der Waals surface area contributed by atoms with Crippen LogP contribution in [0.2, 0.25) is 0 Å². The van der Waals surface area contributed by atoms with E-state index in [1.807, 2.05) is 26.0 Å². The van der Waals surface area contributed by atoms with Gasteiger partial charge in [0.05, 0.1) is 12.2 Å². The second-order valence-electron chi connectivity index (χ2n) is 5.39. The summed E-state index contributed by atoms with van der Waals surface area (Å²) in [6.07, 6.45) is 5.69. The molecule has 0 saturated heterocycles. The SMILES string of the molecule is CC1=CC(=O)CC2(C)C=C3OC(=O)C(CO)=C3C=C12. The zero-order chi connectivity index (χ0) is 13.8. The lowest BCUT2D eigenvalue weighted by molar-refractivity contribution is -0.133. The highest BCUT2D eigenvalue weighted by Gasteiger charge is 2.41. The summed E-state index contributed by atoms with van der Waals surface area (Å²) in [6.45, 7) is 3.51. The largest absolute Gasteiger partial charge is 0.423 e. The summed E-state index contributed by atoms with van der Waals surface area (Å²) in [4.78, 5) is 23.4.